The van der Waals surface area contributed by atoms with Crippen molar-refractivity contribution in [2.75, 3.05) is 46.5 Å². The first-order chi connectivity index (χ1) is 15.5. The van der Waals surface area contributed by atoms with Gasteiger partial charge in [0.15, 0.2) is 0 Å². The van der Waals surface area contributed by atoms with Crippen molar-refractivity contribution >= 4 is 17.4 Å². The number of methoxy groups -OCH3 is 1. The molecule has 2 saturated heterocycles. The molecular formula is C24H25FN2O5. The lowest BCUT2D eigenvalue weighted by Gasteiger charge is -2.30. The molecule has 4 rings (SSSR count). The van der Waals surface area contributed by atoms with Gasteiger partial charge in [0.25, 0.3) is 5.91 Å². The average molecular weight is 440 g/mol. The average Bonchev–Trinajstić information content (AvgIpc) is 3.08. The molecule has 1 amide bonds. The molecule has 168 valence electrons. The first-order valence-electron chi connectivity index (χ1n) is 10.6. The molecule has 7 nitrogen and oxygen atoms in total. The second-order valence-corrected chi connectivity index (χ2v) is 7.87. The molecule has 0 aliphatic carbocycles. The number of quaternary nitrogens is 1. The standard InChI is InChI=1S/C24H25FN2O5/c1-31-19-8-4-16(5-9-19)21-20(22(28)17-2-6-18(25)7-3-17)23(29)24(30)27(21)11-10-26-12-14-32-15-13-26/h2-9,21,28H,10-15H2,1H3/b22-20+. The number of Topliss-reactive ketones (excluding diaryl/α,β-unsaturated/α-hetero) is 1. The maximum absolute atomic E-state index is 13.3. The van der Waals surface area contributed by atoms with E-state index in [1.54, 1.807) is 31.4 Å². The van der Waals surface area contributed by atoms with Crippen molar-refractivity contribution in [1.82, 2.24) is 4.90 Å². The highest BCUT2D eigenvalue weighted by Crippen LogP contribution is 2.38. The molecule has 32 heavy (non-hydrogen) atoms. The fourth-order valence-corrected chi connectivity index (χ4v) is 4.18. The molecule has 0 bridgehead atoms. The summed E-state index contributed by atoms with van der Waals surface area (Å²) < 4.78 is 23.9. The fourth-order valence-electron chi connectivity index (χ4n) is 4.18. The lowest BCUT2D eigenvalue weighted by molar-refractivity contribution is -0.907. The van der Waals surface area contributed by atoms with Gasteiger partial charge in [-0.2, -0.15) is 0 Å². The molecule has 2 fully saturated rings. The van der Waals surface area contributed by atoms with E-state index in [4.69, 9.17) is 9.47 Å². The number of nitrogens with one attached hydrogen (secondary N) is 1. The molecule has 2 heterocycles. The number of ether oxygens (including phenoxy) is 2. The number of hydrogen-bond acceptors (Lipinski definition) is 5. The maximum atomic E-state index is 13.3. The topological polar surface area (TPSA) is 83.3 Å². The second-order valence-electron chi connectivity index (χ2n) is 7.87. The molecule has 0 aromatic heterocycles. The number of ketones is 1. The molecular weight excluding hydrogens is 415 g/mol. The molecule has 2 aliphatic heterocycles. The molecule has 1 N–H and O–H groups in total. The Morgan fingerprint density at radius 2 is 1.78 bits per heavy atom. The van der Waals surface area contributed by atoms with E-state index in [0.717, 1.165) is 25.2 Å². The highest BCUT2D eigenvalue weighted by Gasteiger charge is 2.44. The van der Waals surface area contributed by atoms with Crippen LogP contribution in [0.4, 0.5) is 4.39 Å². The largest absolute Gasteiger partial charge is 0.872 e. The number of benzene rings is 2. The normalized spacial score (nSPS) is 21.2. The summed E-state index contributed by atoms with van der Waals surface area (Å²) in [5, 5.41) is 13.3. The molecule has 0 radical (unpaired) electrons. The lowest BCUT2D eigenvalue weighted by Crippen LogP contribution is -3.14. The Kier molecular flexibility index (Phi) is 6.53. The second kappa shape index (κ2) is 9.50. The molecule has 2 aromatic carbocycles. The van der Waals surface area contributed by atoms with E-state index in [1.807, 2.05) is 0 Å². The Morgan fingerprint density at radius 1 is 1.12 bits per heavy atom. The fraction of sp³-hybridized carbons (Fsp3) is 0.333. The van der Waals surface area contributed by atoms with Gasteiger partial charge in [0, 0.05) is 5.57 Å². The molecule has 0 saturated carbocycles. The summed E-state index contributed by atoms with van der Waals surface area (Å²) in [5.41, 5.74) is 0.706. The van der Waals surface area contributed by atoms with E-state index in [2.05, 4.69) is 0 Å². The van der Waals surface area contributed by atoms with Crippen molar-refractivity contribution in [3.05, 3.63) is 71.0 Å². The van der Waals surface area contributed by atoms with Crippen LogP contribution in [0.25, 0.3) is 5.76 Å². The van der Waals surface area contributed by atoms with Crippen LogP contribution in [0.15, 0.2) is 54.1 Å². The molecule has 8 heteroatoms. The first-order valence-corrected chi connectivity index (χ1v) is 10.6. The van der Waals surface area contributed by atoms with Crippen LogP contribution in [-0.4, -0.2) is 63.1 Å². The smallest absolute Gasteiger partial charge is 0.295 e. The van der Waals surface area contributed by atoms with Gasteiger partial charge in [-0.25, -0.2) is 4.39 Å². The van der Waals surface area contributed by atoms with Crippen LogP contribution in [0.3, 0.4) is 0 Å². The Labute approximate surface area is 185 Å². The van der Waals surface area contributed by atoms with Crippen molar-refractivity contribution < 1.29 is 33.5 Å². The van der Waals surface area contributed by atoms with E-state index >= 15 is 0 Å². The Balaban J connectivity index is 1.72. The van der Waals surface area contributed by atoms with E-state index in [1.165, 1.54) is 21.9 Å². The predicted octanol–water partition coefficient (Wildman–Crippen LogP) is -0.0266. The summed E-state index contributed by atoms with van der Waals surface area (Å²) in [6.07, 6.45) is 0. The molecule has 0 spiro atoms. The molecule has 1 unspecified atom stereocenters. The van der Waals surface area contributed by atoms with Gasteiger partial charge in [0.05, 0.1) is 39.5 Å². The van der Waals surface area contributed by atoms with Gasteiger partial charge in [-0.3, -0.25) is 9.59 Å². The third-order valence-corrected chi connectivity index (χ3v) is 5.97. The van der Waals surface area contributed by atoms with Crippen molar-refractivity contribution in [1.29, 1.82) is 0 Å². The predicted molar refractivity (Wildman–Crippen MR) is 112 cm³/mol. The number of nitrogens with zero attached hydrogens (tertiary/aromatic N) is 1. The van der Waals surface area contributed by atoms with E-state index < -0.39 is 29.3 Å². The van der Waals surface area contributed by atoms with Gasteiger partial charge in [0.2, 0.25) is 5.78 Å². The van der Waals surface area contributed by atoms with Crippen LogP contribution >= 0.6 is 0 Å². The van der Waals surface area contributed by atoms with Crippen LogP contribution in [0.1, 0.15) is 17.2 Å². The van der Waals surface area contributed by atoms with E-state index in [9.17, 15) is 19.1 Å². The van der Waals surface area contributed by atoms with Gasteiger partial charge in [-0.05, 0) is 35.4 Å². The van der Waals surface area contributed by atoms with Crippen molar-refractivity contribution in [3.63, 3.8) is 0 Å². The van der Waals surface area contributed by atoms with E-state index in [0.29, 0.717) is 37.6 Å². The summed E-state index contributed by atoms with van der Waals surface area (Å²) in [6, 6.07) is 11.1. The number of amides is 1. The highest BCUT2D eigenvalue weighted by molar-refractivity contribution is 6.46. The Bertz CT molecular complexity index is 1010. The first kappa shape index (κ1) is 22.0. The van der Waals surface area contributed by atoms with Crippen molar-refractivity contribution in [3.8, 4) is 5.75 Å². The lowest BCUT2D eigenvalue weighted by atomic mass is 9.95. The number of hydrogen-bond donors (Lipinski definition) is 1. The number of halogens is 1. The van der Waals surface area contributed by atoms with Gasteiger partial charge >= 0.3 is 0 Å². The minimum absolute atomic E-state index is 0.108. The zero-order valence-electron chi connectivity index (χ0n) is 17.8. The van der Waals surface area contributed by atoms with Crippen molar-refractivity contribution in [2.45, 2.75) is 6.04 Å². The van der Waals surface area contributed by atoms with Crippen LogP contribution in [-0.2, 0) is 14.3 Å². The van der Waals surface area contributed by atoms with Crippen LogP contribution in [0.2, 0.25) is 0 Å². The van der Waals surface area contributed by atoms with Gasteiger partial charge in [0.1, 0.15) is 24.7 Å². The summed E-state index contributed by atoms with van der Waals surface area (Å²) in [7, 11) is 1.55. The monoisotopic (exact) mass is 440 g/mol. The number of likely N-dealkylation sites (tertiary alicyclic amines) is 1. The molecule has 2 aromatic rings. The van der Waals surface area contributed by atoms with Crippen molar-refractivity contribution in [2.24, 2.45) is 0 Å². The number of carbonyl (C=O) groups excluding carboxylic acids is 2. The minimum Gasteiger partial charge on any atom is -0.872 e. The van der Waals surface area contributed by atoms with Crippen LogP contribution in [0.5, 0.6) is 5.75 Å². The van der Waals surface area contributed by atoms with E-state index in [-0.39, 0.29) is 11.1 Å². The maximum Gasteiger partial charge on any atom is 0.295 e. The third-order valence-electron chi connectivity index (χ3n) is 5.97. The van der Waals surface area contributed by atoms with Crippen LogP contribution < -0.4 is 14.7 Å². The summed E-state index contributed by atoms with van der Waals surface area (Å²) in [6.45, 7) is 3.95. The number of carbonyl (C=O) groups is 2. The zero-order chi connectivity index (χ0) is 22.7. The Hall–Kier alpha value is -3.23. The molecule has 2 aliphatic rings. The zero-order valence-corrected chi connectivity index (χ0v) is 17.8. The van der Waals surface area contributed by atoms with Gasteiger partial charge < -0.3 is 24.4 Å². The summed E-state index contributed by atoms with van der Waals surface area (Å²) in [4.78, 5) is 28.7. The van der Waals surface area contributed by atoms with Gasteiger partial charge in [-0.1, -0.05) is 30.0 Å². The quantitative estimate of drug-likeness (QED) is 0.388. The number of rotatable bonds is 6. The summed E-state index contributed by atoms with van der Waals surface area (Å²) >= 11 is 0. The minimum atomic E-state index is -0.808. The van der Waals surface area contributed by atoms with Crippen LogP contribution in [0, 0.1) is 5.82 Å². The third kappa shape index (κ3) is 4.37. The molecule has 1 atom stereocenters. The van der Waals surface area contributed by atoms with Gasteiger partial charge in [-0.15, -0.1) is 0 Å². The SMILES string of the molecule is COc1ccc(C2/C(=C(\[O-])c3ccc(F)cc3)C(=O)C(=O)N2CC[NH+]2CCOCC2)cc1. The Morgan fingerprint density at radius 3 is 2.41 bits per heavy atom. The summed E-state index contributed by atoms with van der Waals surface area (Å²) in [5.74, 6) is -1.92. The number of morpholine rings is 1. The highest BCUT2D eigenvalue weighted by atomic mass is 19.1.